The van der Waals surface area contributed by atoms with Gasteiger partial charge < -0.3 is 9.64 Å². The number of carbonyl (C=O) groups is 1. The van der Waals surface area contributed by atoms with Gasteiger partial charge in [0.15, 0.2) is 5.84 Å². The number of hydrogen-bond donors (Lipinski definition) is 0. The van der Waals surface area contributed by atoms with Gasteiger partial charge in [-0.1, -0.05) is 24.3 Å². The summed E-state index contributed by atoms with van der Waals surface area (Å²) in [6.45, 7) is 0.634. The predicted molar refractivity (Wildman–Crippen MR) is 101 cm³/mol. The van der Waals surface area contributed by atoms with Crippen LogP contribution in [0.2, 0.25) is 0 Å². The second-order valence-corrected chi connectivity index (χ2v) is 8.23. The molecule has 0 N–H and O–H groups in total. The Morgan fingerprint density at radius 2 is 1.96 bits per heavy atom. The molecule has 0 spiro atoms. The van der Waals surface area contributed by atoms with Crippen molar-refractivity contribution < 1.29 is 17.9 Å². The van der Waals surface area contributed by atoms with Gasteiger partial charge in [-0.2, -0.15) is 13.7 Å². The van der Waals surface area contributed by atoms with Gasteiger partial charge in [-0.05, 0) is 42.7 Å². The highest BCUT2D eigenvalue weighted by atomic mass is 32.2. The molecule has 0 bridgehead atoms. The van der Waals surface area contributed by atoms with E-state index in [0.717, 1.165) is 12.0 Å². The Kier molecular flexibility index (Phi) is 4.61. The number of benzene rings is 2. The normalized spacial score (nSPS) is 19.6. The molecule has 2 heterocycles. The number of esters is 1. The topological polar surface area (TPSA) is 99.8 Å². The fraction of sp³-hybridized carbons (Fsp3) is 0.250. The van der Waals surface area contributed by atoms with Crippen molar-refractivity contribution >= 4 is 21.8 Å². The highest BCUT2D eigenvalue weighted by Crippen LogP contribution is 2.31. The molecule has 142 valence electrons. The van der Waals surface area contributed by atoms with Crippen LogP contribution in [0.5, 0.6) is 0 Å². The van der Waals surface area contributed by atoms with Crippen molar-refractivity contribution in [2.45, 2.75) is 30.4 Å². The van der Waals surface area contributed by atoms with Crippen LogP contribution < -0.4 is 0 Å². The first-order chi connectivity index (χ1) is 13.5. The van der Waals surface area contributed by atoms with Crippen LogP contribution >= 0.6 is 0 Å². The maximum absolute atomic E-state index is 12.7. The molecule has 2 aromatic carbocycles. The first-order valence-electron chi connectivity index (χ1n) is 8.86. The first kappa shape index (κ1) is 18.2. The number of rotatable bonds is 3. The summed E-state index contributed by atoms with van der Waals surface area (Å²) in [4.78, 5) is 14.6. The van der Waals surface area contributed by atoms with Crippen molar-refractivity contribution in [3.63, 3.8) is 0 Å². The van der Waals surface area contributed by atoms with Crippen LogP contribution in [0.3, 0.4) is 0 Å². The third-order valence-corrected chi connectivity index (χ3v) is 6.20. The molecule has 0 aromatic heterocycles. The maximum Gasteiger partial charge on any atom is 0.329 e. The van der Waals surface area contributed by atoms with Crippen LogP contribution in [0.1, 0.15) is 29.5 Å². The van der Waals surface area contributed by atoms with E-state index in [0.29, 0.717) is 29.9 Å². The highest BCUT2D eigenvalue weighted by molar-refractivity contribution is 7.90. The SMILES string of the molecule is N#Cc1ccc(COC(=O)C2CCCN2C2=NS(=O)(=O)c3ccccc32)cc1. The van der Waals surface area contributed by atoms with Gasteiger partial charge in [0, 0.05) is 12.1 Å². The molecule has 0 amide bonds. The second kappa shape index (κ2) is 7.09. The van der Waals surface area contributed by atoms with Gasteiger partial charge in [0.2, 0.25) is 0 Å². The molecule has 28 heavy (non-hydrogen) atoms. The number of ether oxygens (including phenoxy) is 1. The van der Waals surface area contributed by atoms with Crippen LogP contribution in [-0.2, 0) is 26.2 Å². The van der Waals surface area contributed by atoms with Crippen molar-refractivity contribution in [3.05, 3.63) is 65.2 Å². The van der Waals surface area contributed by atoms with Crippen molar-refractivity contribution in [2.24, 2.45) is 4.40 Å². The van der Waals surface area contributed by atoms with Gasteiger partial charge in [-0.15, -0.1) is 4.40 Å². The number of hydrogen-bond acceptors (Lipinski definition) is 6. The van der Waals surface area contributed by atoms with E-state index in [1.807, 2.05) is 6.07 Å². The van der Waals surface area contributed by atoms with Gasteiger partial charge in [-0.3, -0.25) is 0 Å². The number of carbonyl (C=O) groups excluding carboxylic acids is 1. The van der Waals surface area contributed by atoms with E-state index in [9.17, 15) is 13.2 Å². The summed E-state index contributed by atoms with van der Waals surface area (Å²) in [6, 6.07) is 14.9. The molecular formula is C20H17N3O4S. The molecule has 0 radical (unpaired) electrons. The average Bonchev–Trinajstić information content (AvgIpc) is 3.29. The smallest absolute Gasteiger partial charge is 0.329 e. The van der Waals surface area contributed by atoms with E-state index in [1.165, 1.54) is 6.07 Å². The largest absolute Gasteiger partial charge is 0.459 e. The van der Waals surface area contributed by atoms with Crippen molar-refractivity contribution in [3.8, 4) is 6.07 Å². The number of nitriles is 1. The first-order valence-corrected chi connectivity index (χ1v) is 10.3. The molecule has 1 unspecified atom stereocenters. The molecule has 1 fully saturated rings. The third-order valence-electron chi connectivity index (χ3n) is 4.87. The Hall–Kier alpha value is -3.18. The van der Waals surface area contributed by atoms with Gasteiger partial charge >= 0.3 is 5.97 Å². The summed E-state index contributed by atoms with van der Waals surface area (Å²) >= 11 is 0. The predicted octanol–water partition coefficient (Wildman–Crippen LogP) is 2.21. The molecule has 0 aliphatic carbocycles. The summed E-state index contributed by atoms with van der Waals surface area (Å²) in [5.74, 6) is -0.0974. The lowest BCUT2D eigenvalue weighted by molar-refractivity contribution is -0.149. The Bertz CT molecular complexity index is 1100. The zero-order chi connectivity index (χ0) is 19.7. The minimum atomic E-state index is -3.74. The second-order valence-electron chi connectivity index (χ2n) is 6.65. The van der Waals surface area contributed by atoms with Gasteiger partial charge in [0.05, 0.1) is 11.6 Å². The van der Waals surface area contributed by atoms with Crippen molar-refractivity contribution in [1.82, 2.24) is 4.90 Å². The summed E-state index contributed by atoms with van der Waals surface area (Å²) in [7, 11) is -3.74. The summed E-state index contributed by atoms with van der Waals surface area (Å²) < 4.78 is 34.0. The minimum Gasteiger partial charge on any atom is -0.459 e. The van der Waals surface area contributed by atoms with E-state index >= 15 is 0 Å². The number of fused-ring (bicyclic) bond motifs is 1. The molecule has 4 rings (SSSR count). The third kappa shape index (κ3) is 3.25. The molecular weight excluding hydrogens is 378 g/mol. The van der Waals surface area contributed by atoms with Gasteiger partial charge in [-0.25, -0.2) is 4.79 Å². The van der Waals surface area contributed by atoms with Crippen LogP contribution in [0.4, 0.5) is 0 Å². The molecule has 2 aliphatic rings. The van der Waals surface area contributed by atoms with Gasteiger partial charge in [0.25, 0.3) is 10.0 Å². The van der Waals surface area contributed by atoms with Crippen LogP contribution in [0.25, 0.3) is 0 Å². The van der Waals surface area contributed by atoms with Gasteiger partial charge in [0.1, 0.15) is 17.5 Å². The van der Waals surface area contributed by atoms with Crippen LogP contribution in [-0.4, -0.2) is 37.7 Å². The van der Waals surface area contributed by atoms with Crippen molar-refractivity contribution in [2.75, 3.05) is 6.54 Å². The Morgan fingerprint density at radius 3 is 2.71 bits per heavy atom. The minimum absolute atomic E-state index is 0.0935. The quantitative estimate of drug-likeness (QED) is 0.739. The number of sulfonamides is 1. The van der Waals surface area contributed by atoms with E-state index in [-0.39, 0.29) is 11.5 Å². The van der Waals surface area contributed by atoms with Crippen molar-refractivity contribution in [1.29, 1.82) is 5.26 Å². The average molecular weight is 395 g/mol. The molecule has 8 heteroatoms. The standard InChI is InChI=1S/C20H17N3O4S/c21-12-14-7-9-15(10-8-14)13-27-20(24)17-5-3-11-23(17)19-16-4-1-2-6-18(16)28(25,26)22-19/h1-2,4,6-10,17H,3,5,11,13H2. The van der Waals surface area contributed by atoms with Crippen LogP contribution in [0, 0.1) is 11.3 Å². The molecule has 0 saturated carbocycles. The maximum atomic E-state index is 12.7. The van der Waals surface area contributed by atoms with Crippen LogP contribution in [0.15, 0.2) is 57.8 Å². The summed E-state index contributed by atoms with van der Waals surface area (Å²) in [5, 5.41) is 8.83. The highest BCUT2D eigenvalue weighted by Gasteiger charge is 2.39. The monoisotopic (exact) mass is 395 g/mol. The lowest BCUT2D eigenvalue weighted by Crippen LogP contribution is -2.41. The fourth-order valence-corrected chi connectivity index (χ4v) is 4.70. The lowest BCUT2D eigenvalue weighted by Gasteiger charge is -2.25. The lowest BCUT2D eigenvalue weighted by atomic mass is 10.1. The number of likely N-dealkylation sites (tertiary alicyclic amines) is 1. The molecule has 7 nitrogen and oxygen atoms in total. The Labute approximate surface area is 162 Å². The molecule has 1 atom stereocenters. The molecule has 2 aliphatic heterocycles. The fourth-order valence-electron chi connectivity index (χ4n) is 3.49. The number of amidine groups is 1. The molecule has 2 aromatic rings. The zero-order valence-corrected chi connectivity index (χ0v) is 15.7. The van der Waals surface area contributed by atoms with E-state index < -0.39 is 22.0 Å². The van der Waals surface area contributed by atoms with E-state index in [4.69, 9.17) is 10.00 Å². The summed E-state index contributed by atoms with van der Waals surface area (Å²) in [5.41, 5.74) is 1.84. The molecule has 1 saturated heterocycles. The summed E-state index contributed by atoms with van der Waals surface area (Å²) in [6.07, 6.45) is 1.32. The van der Waals surface area contributed by atoms with E-state index in [1.54, 1.807) is 47.4 Å². The van der Waals surface area contributed by atoms with E-state index in [2.05, 4.69) is 4.40 Å². The zero-order valence-electron chi connectivity index (χ0n) is 14.9. The Morgan fingerprint density at radius 1 is 1.21 bits per heavy atom. The Balaban J connectivity index is 1.51. The number of nitrogens with zero attached hydrogens (tertiary/aromatic N) is 3.